The molecular weight excluding hydrogens is 352 g/mol. The number of fused-ring (bicyclic) bond motifs is 5. The van der Waals surface area contributed by atoms with Gasteiger partial charge in [-0.1, -0.05) is 12.2 Å². The van der Waals surface area contributed by atoms with Gasteiger partial charge in [0.05, 0.1) is 22.3 Å². The standard InChI is InChI=1S/C18H18N4O5/c19-16(23)12-8-11(22(26)27)3-4-13(12)20-5-6-21-17(24)14-9-1-2-10(7-9)15(14)18(21)25/h1-4,8-10,14-15,20H,5-7H2,(H2,19,23). The molecule has 1 aromatic carbocycles. The van der Waals surface area contributed by atoms with E-state index in [-0.39, 0.29) is 59.8 Å². The number of non-ortho nitro benzene ring substituents is 1. The summed E-state index contributed by atoms with van der Waals surface area (Å²) in [5.41, 5.74) is 5.37. The zero-order chi connectivity index (χ0) is 19.3. The van der Waals surface area contributed by atoms with E-state index in [1.54, 1.807) is 0 Å². The minimum absolute atomic E-state index is 0.0117. The van der Waals surface area contributed by atoms with Crippen LogP contribution in [0.5, 0.6) is 0 Å². The van der Waals surface area contributed by atoms with E-state index in [9.17, 15) is 24.5 Å². The third-order valence-electron chi connectivity index (χ3n) is 5.69. The molecule has 3 N–H and O–H groups in total. The summed E-state index contributed by atoms with van der Waals surface area (Å²) in [7, 11) is 0. The van der Waals surface area contributed by atoms with E-state index in [4.69, 9.17) is 5.73 Å². The number of nitro benzene ring substituents is 1. The molecule has 1 saturated heterocycles. The number of anilines is 1. The van der Waals surface area contributed by atoms with Crippen molar-refractivity contribution in [3.63, 3.8) is 0 Å². The second-order valence-electron chi connectivity index (χ2n) is 7.11. The average molecular weight is 370 g/mol. The van der Waals surface area contributed by atoms with E-state index in [1.165, 1.54) is 17.0 Å². The molecule has 9 nitrogen and oxygen atoms in total. The Kier molecular flexibility index (Phi) is 3.94. The normalized spacial score (nSPS) is 27.9. The molecule has 1 aliphatic heterocycles. The Labute approximate surface area is 154 Å². The van der Waals surface area contributed by atoms with Gasteiger partial charge in [0.2, 0.25) is 11.8 Å². The lowest BCUT2D eigenvalue weighted by Crippen LogP contribution is -2.36. The number of hydrogen-bond donors (Lipinski definition) is 2. The number of imide groups is 1. The number of hydrogen-bond acceptors (Lipinski definition) is 6. The van der Waals surface area contributed by atoms with Gasteiger partial charge in [-0.15, -0.1) is 0 Å². The lowest BCUT2D eigenvalue weighted by Gasteiger charge is -2.18. The molecule has 3 amide bonds. The Balaban J connectivity index is 1.44. The summed E-state index contributed by atoms with van der Waals surface area (Å²) >= 11 is 0. The molecule has 4 rings (SSSR count). The van der Waals surface area contributed by atoms with Crippen LogP contribution in [0.3, 0.4) is 0 Å². The summed E-state index contributed by atoms with van der Waals surface area (Å²) in [6.45, 7) is 0.386. The van der Waals surface area contributed by atoms with Crippen LogP contribution in [0, 0.1) is 33.8 Å². The summed E-state index contributed by atoms with van der Waals surface area (Å²) in [6.07, 6.45) is 4.95. The number of nitrogens with one attached hydrogen (secondary N) is 1. The number of likely N-dealkylation sites (tertiary alicyclic amines) is 1. The second kappa shape index (κ2) is 6.19. The molecule has 0 aromatic heterocycles. The minimum Gasteiger partial charge on any atom is -0.383 e. The fourth-order valence-corrected chi connectivity index (χ4v) is 4.49. The van der Waals surface area contributed by atoms with Gasteiger partial charge in [-0.25, -0.2) is 0 Å². The summed E-state index contributed by atoms with van der Waals surface area (Å²) in [5, 5.41) is 13.8. The highest BCUT2D eigenvalue weighted by atomic mass is 16.6. The van der Waals surface area contributed by atoms with E-state index in [0.29, 0.717) is 5.69 Å². The molecule has 2 aliphatic carbocycles. The molecule has 140 valence electrons. The highest BCUT2D eigenvalue weighted by molar-refractivity contribution is 6.06. The smallest absolute Gasteiger partial charge is 0.270 e. The van der Waals surface area contributed by atoms with Gasteiger partial charge in [0.15, 0.2) is 0 Å². The van der Waals surface area contributed by atoms with Gasteiger partial charge in [-0.05, 0) is 24.3 Å². The first kappa shape index (κ1) is 17.2. The lowest BCUT2D eigenvalue weighted by molar-refractivity contribution is -0.384. The van der Waals surface area contributed by atoms with Crippen molar-refractivity contribution in [3.8, 4) is 0 Å². The topological polar surface area (TPSA) is 136 Å². The van der Waals surface area contributed by atoms with E-state index in [0.717, 1.165) is 12.5 Å². The van der Waals surface area contributed by atoms with Crippen molar-refractivity contribution in [1.29, 1.82) is 0 Å². The number of nitrogens with two attached hydrogens (primary N) is 1. The third-order valence-corrected chi connectivity index (χ3v) is 5.69. The summed E-state index contributed by atoms with van der Waals surface area (Å²) < 4.78 is 0. The van der Waals surface area contributed by atoms with Gasteiger partial charge in [0.25, 0.3) is 11.6 Å². The van der Waals surface area contributed by atoms with Crippen molar-refractivity contribution in [2.24, 2.45) is 29.4 Å². The average Bonchev–Trinajstić information content (AvgIpc) is 3.31. The predicted molar refractivity (Wildman–Crippen MR) is 94.5 cm³/mol. The molecule has 1 heterocycles. The first-order valence-electron chi connectivity index (χ1n) is 8.74. The van der Waals surface area contributed by atoms with Crippen molar-refractivity contribution in [2.45, 2.75) is 6.42 Å². The van der Waals surface area contributed by atoms with E-state index in [1.807, 2.05) is 12.2 Å². The van der Waals surface area contributed by atoms with E-state index < -0.39 is 10.8 Å². The van der Waals surface area contributed by atoms with Crippen LogP contribution in [0.15, 0.2) is 30.4 Å². The Morgan fingerprint density at radius 2 is 1.85 bits per heavy atom. The lowest BCUT2D eigenvalue weighted by atomic mass is 9.85. The Bertz CT molecular complexity index is 866. The van der Waals surface area contributed by atoms with E-state index in [2.05, 4.69) is 5.32 Å². The number of nitro groups is 1. The molecule has 4 unspecified atom stereocenters. The zero-order valence-corrected chi connectivity index (χ0v) is 14.3. The predicted octanol–water partition coefficient (Wildman–Crippen LogP) is 0.913. The van der Waals surface area contributed by atoms with Crippen LogP contribution in [-0.2, 0) is 9.59 Å². The van der Waals surface area contributed by atoms with Crippen LogP contribution in [0.1, 0.15) is 16.8 Å². The monoisotopic (exact) mass is 370 g/mol. The van der Waals surface area contributed by atoms with Crippen LogP contribution in [0.2, 0.25) is 0 Å². The molecule has 9 heteroatoms. The number of nitrogens with zero attached hydrogens (tertiary/aromatic N) is 2. The van der Waals surface area contributed by atoms with Gasteiger partial charge in [-0.3, -0.25) is 29.4 Å². The maximum atomic E-state index is 12.6. The number of amides is 3. The molecule has 3 aliphatic rings. The second-order valence-corrected chi connectivity index (χ2v) is 7.11. The highest BCUT2D eigenvalue weighted by Gasteiger charge is 2.58. The summed E-state index contributed by atoms with van der Waals surface area (Å²) in [5.74, 6) is -1.24. The van der Waals surface area contributed by atoms with Crippen LogP contribution >= 0.6 is 0 Å². The Morgan fingerprint density at radius 3 is 2.41 bits per heavy atom. The molecule has 0 spiro atoms. The van der Waals surface area contributed by atoms with Crippen molar-refractivity contribution < 1.29 is 19.3 Å². The Morgan fingerprint density at radius 1 is 1.22 bits per heavy atom. The van der Waals surface area contributed by atoms with Gasteiger partial charge in [0, 0.05) is 30.9 Å². The van der Waals surface area contributed by atoms with Gasteiger partial charge in [0.1, 0.15) is 0 Å². The minimum atomic E-state index is -0.799. The molecule has 27 heavy (non-hydrogen) atoms. The maximum absolute atomic E-state index is 12.6. The van der Waals surface area contributed by atoms with Gasteiger partial charge in [-0.2, -0.15) is 0 Å². The van der Waals surface area contributed by atoms with Crippen molar-refractivity contribution >= 4 is 29.1 Å². The highest BCUT2D eigenvalue weighted by Crippen LogP contribution is 2.52. The molecule has 4 atom stereocenters. The molecule has 2 fully saturated rings. The van der Waals surface area contributed by atoms with Crippen LogP contribution in [-0.4, -0.2) is 40.6 Å². The summed E-state index contributed by atoms with van der Waals surface area (Å²) in [6, 6.07) is 3.75. The fourth-order valence-electron chi connectivity index (χ4n) is 4.49. The molecule has 1 saturated carbocycles. The van der Waals surface area contributed by atoms with Crippen molar-refractivity contribution in [3.05, 3.63) is 46.0 Å². The van der Waals surface area contributed by atoms with Crippen LogP contribution < -0.4 is 11.1 Å². The molecule has 1 aromatic rings. The van der Waals surface area contributed by atoms with Crippen molar-refractivity contribution in [1.82, 2.24) is 4.90 Å². The first-order chi connectivity index (χ1) is 12.9. The number of carbonyl (C=O) groups excluding carboxylic acids is 3. The number of allylic oxidation sites excluding steroid dienone is 2. The summed E-state index contributed by atoms with van der Waals surface area (Å²) in [4.78, 5) is 48.3. The largest absolute Gasteiger partial charge is 0.383 e. The quantitative estimate of drug-likeness (QED) is 0.331. The van der Waals surface area contributed by atoms with E-state index >= 15 is 0 Å². The number of primary amides is 1. The fraction of sp³-hybridized carbons (Fsp3) is 0.389. The molecule has 2 bridgehead atoms. The Hall–Kier alpha value is -3.23. The molecular formula is C18H18N4O5. The number of benzene rings is 1. The van der Waals surface area contributed by atoms with Crippen molar-refractivity contribution in [2.75, 3.05) is 18.4 Å². The van der Waals surface area contributed by atoms with Gasteiger partial charge >= 0.3 is 0 Å². The molecule has 0 radical (unpaired) electrons. The SMILES string of the molecule is NC(=O)c1cc([N+](=O)[O-])ccc1NCCN1C(=O)C2C3C=CC(C3)C2C1=O. The zero-order valence-electron chi connectivity index (χ0n) is 14.3. The maximum Gasteiger partial charge on any atom is 0.270 e. The van der Waals surface area contributed by atoms with Gasteiger partial charge < -0.3 is 11.1 Å². The number of rotatable bonds is 6. The van der Waals surface area contributed by atoms with Crippen LogP contribution in [0.4, 0.5) is 11.4 Å². The van der Waals surface area contributed by atoms with Crippen LogP contribution in [0.25, 0.3) is 0 Å². The third kappa shape index (κ3) is 2.66. The number of carbonyl (C=O) groups is 3. The first-order valence-corrected chi connectivity index (χ1v) is 8.74.